The Labute approximate surface area is 76.2 Å². The minimum atomic E-state index is -1.02. The Hall–Kier alpha value is 0.299. The van der Waals surface area contributed by atoms with Crippen LogP contribution < -0.4 is 5.73 Å². The van der Waals surface area contributed by atoms with Crippen LogP contribution in [0.4, 0.5) is 0 Å². The van der Waals surface area contributed by atoms with Gasteiger partial charge in [-0.25, -0.2) is 0 Å². The van der Waals surface area contributed by atoms with E-state index >= 15 is 0 Å². The Morgan fingerprint density at radius 1 is 1.70 bits per heavy atom. The molecular weight excluding hydrogens is 202 g/mol. The molecule has 0 rings (SSSR count). The summed E-state index contributed by atoms with van der Waals surface area (Å²) in [6.07, 6.45) is 0. The zero-order valence-corrected chi connectivity index (χ0v) is 7.59. The van der Waals surface area contributed by atoms with Crippen LogP contribution >= 0.6 is 12.6 Å². The third-order valence-corrected chi connectivity index (χ3v) is 1.31. The molecule has 1 radical (unpaired) electrons. The number of hydrogen-bond acceptors (Lipinski definition) is 3. The first kappa shape index (κ1) is 12.9. The van der Waals surface area contributed by atoms with Crippen molar-refractivity contribution in [2.24, 2.45) is 5.73 Å². The Morgan fingerprint density at radius 3 is 2.00 bits per heavy atom. The van der Waals surface area contributed by atoms with Crippen LogP contribution in [0.25, 0.3) is 0 Å². The van der Waals surface area contributed by atoms with Crippen LogP contribution in [0.1, 0.15) is 13.8 Å². The van der Waals surface area contributed by atoms with Crippen LogP contribution in [0.15, 0.2) is 0 Å². The Morgan fingerprint density at radius 2 is 2.00 bits per heavy atom. The van der Waals surface area contributed by atoms with E-state index < -0.39 is 16.8 Å². The molecule has 0 unspecified atom stereocenters. The summed E-state index contributed by atoms with van der Waals surface area (Å²) in [7, 11) is 0. The minimum Gasteiger partial charge on any atom is -0.480 e. The largest absolute Gasteiger partial charge is 0.480 e. The second kappa shape index (κ2) is 4.23. The molecule has 0 fully saturated rings. The molecule has 10 heavy (non-hydrogen) atoms. The van der Waals surface area contributed by atoms with Gasteiger partial charge in [-0.2, -0.15) is 12.6 Å². The smallest absolute Gasteiger partial charge is 0.321 e. The molecule has 0 aliphatic rings. The van der Waals surface area contributed by atoms with E-state index in [4.69, 9.17) is 10.8 Å². The average molecular weight is 213 g/mol. The van der Waals surface area contributed by atoms with Gasteiger partial charge in [0.05, 0.1) is 0 Å². The molecule has 0 saturated heterocycles. The molecule has 0 aliphatic carbocycles. The van der Waals surface area contributed by atoms with Crippen molar-refractivity contribution in [3.63, 3.8) is 0 Å². The zero-order valence-electron chi connectivity index (χ0n) is 5.76. The SMILES string of the molecule is CC(C)(S)[C@@H](N)C(=O)O.[Cu]. The summed E-state index contributed by atoms with van der Waals surface area (Å²) < 4.78 is -0.647. The van der Waals surface area contributed by atoms with Crippen LogP contribution in [0, 0.1) is 0 Å². The fourth-order valence-electron chi connectivity index (χ4n) is 0.302. The topological polar surface area (TPSA) is 63.3 Å². The third kappa shape index (κ3) is 4.17. The van der Waals surface area contributed by atoms with E-state index in [1.165, 1.54) is 0 Å². The van der Waals surface area contributed by atoms with Gasteiger partial charge in [0.25, 0.3) is 0 Å². The average Bonchev–Trinajstić information content (AvgIpc) is 1.62. The van der Waals surface area contributed by atoms with Gasteiger partial charge in [-0.1, -0.05) is 0 Å². The summed E-state index contributed by atoms with van der Waals surface area (Å²) in [6.45, 7) is 3.32. The maximum atomic E-state index is 10.2. The predicted molar refractivity (Wildman–Crippen MR) is 38.7 cm³/mol. The first-order valence-electron chi connectivity index (χ1n) is 2.56. The monoisotopic (exact) mass is 212 g/mol. The van der Waals surface area contributed by atoms with E-state index in [1.807, 2.05) is 0 Å². The molecular formula is C5H11CuNO2S. The van der Waals surface area contributed by atoms with Gasteiger partial charge < -0.3 is 10.8 Å². The molecule has 3 N–H and O–H groups in total. The fourth-order valence-corrected chi connectivity index (χ4v) is 0.413. The number of hydrogen-bond donors (Lipinski definition) is 3. The van der Waals surface area contributed by atoms with Gasteiger partial charge in [0.1, 0.15) is 6.04 Å². The van der Waals surface area contributed by atoms with Gasteiger partial charge >= 0.3 is 5.97 Å². The number of carboxylic acid groups (broad SMARTS) is 1. The van der Waals surface area contributed by atoms with Gasteiger partial charge in [0.2, 0.25) is 0 Å². The summed E-state index contributed by atoms with van der Waals surface area (Å²) in [5.74, 6) is -1.02. The molecule has 0 heterocycles. The number of rotatable bonds is 2. The van der Waals surface area contributed by atoms with Crippen molar-refractivity contribution in [3.05, 3.63) is 0 Å². The molecule has 0 aliphatic heterocycles. The van der Waals surface area contributed by atoms with Crippen molar-refractivity contribution in [1.82, 2.24) is 0 Å². The van der Waals surface area contributed by atoms with E-state index in [0.717, 1.165) is 0 Å². The summed E-state index contributed by atoms with van der Waals surface area (Å²) >= 11 is 3.98. The van der Waals surface area contributed by atoms with Crippen molar-refractivity contribution >= 4 is 18.6 Å². The molecule has 0 spiro atoms. The first-order valence-corrected chi connectivity index (χ1v) is 3.01. The summed E-state index contributed by atoms with van der Waals surface area (Å²) in [5, 5.41) is 8.34. The number of thiol groups is 1. The van der Waals surface area contributed by atoms with Crippen LogP contribution in [-0.2, 0) is 21.9 Å². The number of carboxylic acids is 1. The molecule has 3 nitrogen and oxygen atoms in total. The van der Waals surface area contributed by atoms with Crippen LogP contribution in [0.2, 0.25) is 0 Å². The minimum absolute atomic E-state index is 0. The van der Waals surface area contributed by atoms with Crippen molar-refractivity contribution in [3.8, 4) is 0 Å². The molecule has 1 atom stereocenters. The maximum absolute atomic E-state index is 10.2. The van der Waals surface area contributed by atoms with Crippen molar-refractivity contribution in [2.75, 3.05) is 0 Å². The fraction of sp³-hybridized carbons (Fsp3) is 0.800. The molecule has 0 aromatic rings. The molecule has 5 heteroatoms. The Bertz CT molecular complexity index is 123. The van der Waals surface area contributed by atoms with Gasteiger partial charge in [0.15, 0.2) is 0 Å². The van der Waals surface area contributed by atoms with Crippen LogP contribution in [0.5, 0.6) is 0 Å². The standard InChI is InChI=1S/C5H11NO2S.Cu/c1-5(2,9)3(6)4(7)8;/h3,9H,6H2,1-2H3,(H,7,8);/t3-;/m0./s1. The molecule has 0 saturated carbocycles. The van der Waals surface area contributed by atoms with E-state index in [9.17, 15) is 4.79 Å². The van der Waals surface area contributed by atoms with Crippen LogP contribution in [-0.4, -0.2) is 21.9 Å². The van der Waals surface area contributed by atoms with Crippen molar-refractivity contribution < 1.29 is 27.0 Å². The summed E-state index contributed by atoms with van der Waals surface area (Å²) in [4.78, 5) is 10.2. The van der Waals surface area contributed by atoms with Gasteiger partial charge in [-0.15, -0.1) is 0 Å². The predicted octanol–water partition coefficient (Wildman–Crippen LogP) is 0.104. The number of nitrogens with two attached hydrogens (primary N) is 1. The Kier molecular flexibility index (Phi) is 5.48. The number of aliphatic carboxylic acids is 1. The summed E-state index contributed by atoms with van der Waals surface area (Å²) in [5.41, 5.74) is 5.22. The molecule has 0 aromatic heterocycles. The van der Waals surface area contributed by atoms with Crippen molar-refractivity contribution in [1.29, 1.82) is 0 Å². The maximum Gasteiger partial charge on any atom is 0.321 e. The van der Waals surface area contributed by atoms with E-state index in [2.05, 4.69) is 12.6 Å². The number of carbonyl (C=O) groups is 1. The van der Waals surface area contributed by atoms with E-state index in [0.29, 0.717) is 0 Å². The second-order valence-corrected chi connectivity index (χ2v) is 3.62. The van der Waals surface area contributed by atoms with E-state index in [-0.39, 0.29) is 17.1 Å². The normalized spacial score (nSPS) is 13.6. The molecule has 0 amide bonds. The summed E-state index contributed by atoms with van der Waals surface area (Å²) in [6, 6.07) is -0.902. The van der Waals surface area contributed by atoms with Gasteiger partial charge in [-0.3, -0.25) is 4.79 Å². The van der Waals surface area contributed by atoms with Gasteiger partial charge in [-0.05, 0) is 13.8 Å². The molecule has 0 aromatic carbocycles. The molecule has 0 bridgehead atoms. The first-order chi connectivity index (χ1) is 3.85. The second-order valence-electron chi connectivity index (χ2n) is 2.47. The van der Waals surface area contributed by atoms with Crippen molar-refractivity contribution in [2.45, 2.75) is 24.6 Å². The Balaban J connectivity index is 0. The van der Waals surface area contributed by atoms with Crippen LogP contribution in [0.3, 0.4) is 0 Å². The quantitative estimate of drug-likeness (QED) is 0.450. The molecule has 65 valence electrons. The zero-order chi connectivity index (χ0) is 7.65. The van der Waals surface area contributed by atoms with Gasteiger partial charge in [0, 0.05) is 21.8 Å². The third-order valence-electron chi connectivity index (χ3n) is 1.03. The van der Waals surface area contributed by atoms with E-state index in [1.54, 1.807) is 13.8 Å².